The average Bonchev–Trinajstić information content (AvgIpc) is 2.84. The minimum absolute atomic E-state index is 0.390. The van der Waals surface area contributed by atoms with E-state index in [-0.39, 0.29) is 0 Å². The van der Waals surface area contributed by atoms with Crippen molar-refractivity contribution in [3.05, 3.63) is 89.5 Å². The summed E-state index contributed by atoms with van der Waals surface area (Å²) >= 11 is 0. The Balaban J connectivity index is 1.24. The van der Waals surface area contributed by atoms with Crippen molar-refractivity contribution >= 4 is 23.2 Å². The van der Waals surface area contributed by atoms with Crippen LogP contribution in [0.2, 0.25) is 0 Å². The predicted octanol–water partition coefficient (Wildman–Crippen LogP) is 3.56. The van der Waals surface area contributed by atoms with Crippen LogP contribution in [0, 0.1) is 0 Å². The molecular formula is C26H27N3O3. The first-order chi connectivity index (χ1) is 15.6. The second-order valence-corrected chi connectivity index (χ2v) is 7.80. The number of benzene rings is 3. The fourth-order valence-corrected chi connectivity index (χ4v) is 3.88. The lowest BCUT2D eigenvalue weighted by molar-refractivity contribution is -0.136. The Morgan fingerprint density at radius 2 is 1.72 bits per heavy atom. The number of anilines is 2. The molecular weight excluding hydrogens is 402 g/mol. The van der Waals surface area contributed by atoms with E-state index in [4.69, 9.17) is 4.74 Å². The molecule has 0 aliphatic carbocycles. The Morgan fingerprint density at radius 3 is 2.50 bits per heavy atom. The van der Waals surface area contributed by atoms with E-state index in [1.54, 1.807) is 31.4 Å². The summed E-state index contributed by atoms with van der Waals surface area (Å²) in [5.41, 5.74) is 5.65. The van der Waals surface area contributed by atoms with Crippen LogP contribution in [0.1, 0.15) is 16.7 Å². The molecule has 4 rings (SSSR count). The molecule has 2 N–H and O–H groups in total. The van der Waals surface area contributed by atoms with E-state index in [2.05, 4.69) is 64.1 Å². The van der Waals surface area contributed by atoms with Crippen molar-refractivity contribution in [3.63, 3.8) is 0 Å². The molecule has 3 aromatic rings. The smallest absolute Gasteiger partial charge is 0.313 e. The minimum atomic E-state index is -0.695. The molecule has 3 aromatic carbocycles. The summed E-state index contributed by atoms with van der Waals surface area (Å²) in [4.78, 5) is 26.6. The predicted molar refractivity (Wildman–Crippen MR) is 126 cm³/mol. The molecule has 0 radical (unpaired) electrons. The number of carbonyl (C=O) groups is 2. The number of nitrogens with zero attached hydrogens (tertiary/aromatic N) is 1. The number of rotatable bonds is 6. The van der Waals surface area contributed by atoms with E-state index in [9.17, 15) is 9.59 Å². The molecule has 0 atom stereocenters. The van der Waals surface area contributed by atoms with Crippen molar-refractivity contribution < 1.29 is 14.3 Å². The van der Waals surface area contributed by atoms with Gasteiger partial charge in [0.25, 0.3) is 0 Å². The lowest BCUT2D eigenvalue weighted by Gasteiger charge is -2.30. The van der Waals surface area contributed by atoms with Gasteiger partial charge in [-0.25, -0.2) is 0 Å². The SMILES string of the molecule is COc1cccc(NC(=O)C(=O)NCCc2ccc(N3CCc4ccccc4C3)cc2)c1. The third-order valence-corrected chi connectivity index (χ3v) is 5.67. The van der Waals surface area contributed by atoms with E-state index in [0.29, 0.717) is 24.4 Å². The van der Waals surface area contributed by atoms with Crippen LogP contribution in [0.3, 0.4) is 0 Å². The van der Waals surface area contributed by atoms with Gasteiger partial charge in [-0.3, -0.25) is 9.59 Å². The van der Waals surface area contributed by atoms with Gasteiger partial charge >= 0.3 is 11.8 Å². The van der Waals surface area contributed by atoms with Crippen LogP contribution in [-0.4, -0.2) is 32.0 Å². The average molecular weight is 430 g/mol. The zero-order valence-corrected chi connectivity index (χ0v) is 18.1. The summed E-state index contributed by atoms with van der Waals surface area (Å²) in [7, 11) is 1.55. The van der Waals surface area contributed by atoms with Crippen molar-refractivity contribution in [2.75, 3.05) is 30.4 Å². The molecule has 1 aliphatic rings. The zero-order valence-electron chi connectivity index (χ0n) is 18.1. The zero-order chi connectivity index (χ0) is 22.3. The fraction of sp³-hybridized carbons (Fsp3) is 0.231. The first kappa shape index (κ1) is 21.4. The van der Waals surface area contributed by atoms with Crippen LogP contribution in [0.15, 0.2) is 72.8 Å². The Morgan fingerprint density at radius 1 is 0.938 bits per heavy atom. The summed E-state index contributed by atoms with van der Waals surface area (Å²) in [5, 5.41) is 5.26. The Labute approximate surface area is 188 Å². The molecule has 0 saturated heterocycles. The van der Waals surface area contributed by atoms with Crippen LogP contribution in [-0.2, 0) is 29.0 Å². The molecule has 0 fully saturated rings. The molecule has 32 heavy (non-hydrogen) atoms. The second-order valence-electron chi connectivity index (χ2n) is 7.80. The quantitative estimate of drug-likeness (QED) is 0.588. The van der Waals surface area contributed by atoms with Crippen molar-refractivity contribution in [2.45, 2.75) is 19.4 Å². The molecule has 2 amide bonds. The van der Waals surface area contributed by atoms with Crippen molar-refractivity contribution in [1.29, 1.82) is 0 Å². The van der Waals surface area contributed by atoms with E-state index in [1.165, 1.54) is 16.8 Å². The first-order valence-corrected chi connectivity index (χ1v) is 10.8. The van der Waals surface area contributed by atoms with Gasteiger partial charge in [0.2, 0.25) is 0 Å². The van der Waals surface area contributed by atoms with E-state index in [0.717, 1.165) is 25.1 Å². The monoisotopic (exact) mass is 429 g/mol. The van der Waals surface area contributed by atoms with Gasteiger partial charge in [0.15, 0.2) is 0 Å². The van der Waals surface area contributed by atoms with Gasteiger partial charge in [-0.1, -0.05) is 42.5 Å². The molecule has 0 bridgehead atoms. The number of ether oxygens (including phenoxy) is 1. The van der Waals surface area contributed by atoms with Crippen LogP contribution < -0.4 is 20.3 Å². The molecule has 0 spiro atoms. The number of hydrogen-bond acceptors (Lipinski definition) is 4. The second kappa shape index (κ2) is 10.0. The van der Waals surface area contributed by atoms with Crippen LogP contribution in [0.5, 0.6) is 5.75 Å². The number of carbonyl (C=O) groups excluding carboxylic acids is 2. The van der Waals surface area contributed by atoms with Crippen LogP contribution >= 0.6 is 0 Å². The van der Waals surface area contributed by atoms with Gasteiger partial charge in [0.1, 0.15) is 5.75 Å². The third-order valence-electron chi connectivity index (χ3n) is 5.67. The minimum Gasteiger partial charge on any atom is -0.497 e. The van der Waals surface area contributed by atoms with E-state index in [1.807, 2.05) is 0 Å². The lowest BCUT2D eigenvalue weighted by atomic mass is 9.99. The highest BCUT2D eigenvalue weighted by molar-refractivity contribution is 6.39. The number of nitrogens with one attached hydrogen (secondary N) is 2. The lowest BCUT2D eigenvalue weighted by Crippen LogP contribution is -2.36. The number of methoxy groups -OCH3 is 1. The highest BCUT2D eigenvalue weighted by Gasteiger charge is 2.16. The normalized spacial score (nSPS) is 12.6. The third kappa shape index (κ3) is 5.27. The molecule has 164 valence electrons. The summed E-state index contributed by atoms with van der Waals surface area (Å²) in [6, 6.07) is 23.9. The Bertz CT molecular complexity index is 1100. The summed E-state index contributed by atoms with van der Waals surface area (Å²) in [6.07, 6.45) is 1.71. The number of fused-ring (bicyclic) bond motifs is 1. The molecule has 6 nitrogen and oxygen atoms in total. The molecule has 0 unspecified atom stereocenters. The summed E-state index contributed by atoms with van der Waals surface area (Å²) in [5.74, 6) is -0.740. The van der Waals surface area contributed by atoms with Crippen LogP contribution in [0.4, 0.5) is 11.4 Å². The van der Waals surface area contributed by atoms with Crippen LogP contribution in [0.25, 0.3) is 0 Å². The van der Waals surface area contributed by atoms with Crippen molar-refractivity contribution in [1.82, 2.24) is 5.32 Å². The summed E-state index contributed by atoms with van der Waals surface area (Å²) in [6.45, 7) is 2.32. The standard InChI is InChI=1S/C26H27N3O3/c1-32-24-8-4-7-22(17-24)28-26(31)25(30)27-15-13-19-9-11-23(12-10-19)29-16-14-20-5-2-3-6-21(20)18-29/h2-12,17H,13-16,18H2,1H3,(H,27,30)(H,28,31). The molecule has 6 heteroatoms. The van der Waals surface area contributed by atoms with E-state index < -0.39 is 11.8 Å². The number of hydrogen-bond donors (Lipinski definition) is 2. The van der Waals surface area contributed by atoms with Crippen molar-refractivity contribution in [3.8, 4) is 5.75 Å². The first-order valence-electron chi connectivity index (χ1n) is 10.8. The van der Waals surface area contributed by atoms with Gasteiger partial charge in [0.05, 0.1) is 7.11 Å². The van der Waals surface area contributed by atoms with Crippen molar-refractivity contribution in [2.24, 2.45) is 0 Å². The molecule has 0 saturated carbocycles. The molecule has 1 aliphatic heterocycles. The van der Waals surface area contributed by atoms with Gasteiger partial charge in [-0.2, -0.15) is 0 Å². The molecule has 1 heterocycles. The Hall–Kier alpha value is -3.80. The Kier molecular flexibility index (Phi) is 6.70. The van der Waals surface area contributed by atoms with Gasteiger partial charge in [-0.15, -0.1) is 0 Å². The van der Waals surface area contributed by atoms with Gasteiger partial charge in [0, 0.05) is 37.1 Å². The molecule has 0 aromatic heterocycles. The van der Waals surface area contributed by atoms with E-state index >= 15 is 0 Å². The maximum atomic E-state index is 12.1. The summed E-state index contributed by atoms with van der Waals surface area (Å²) < 4.78 is 5.12. The fourth-order valence-electron chi connectivity index (χ4n) is 3.88. The highest BCUT2D eigenvalue weighted by Crippen LogP contribution is 2.24. The van der Waals surface area contributed by atoms with Gasteiger partial charge < -0.3 is 20.3 Å². The maximum absolute atomic E-state index is 12.1. The number of amides is 2. The largest absolute Gasteiger partial charge is 0.497 e. The van der Waals surface area contributed by atoms with Gasteiger partial charge in [-0.05, 0) is 53.8 Å². The maximum Gasteiger partial charge on any atom is 0.313 e. The highest BCUT2D eigenvalue weighted by atomic mass is 16.5. The topological polar surface area (TPSA) is 70.7 Å².